The van der Waals surface area contributed by atoms with Crippen molar-refractivity contribution in [2.45, 2.75) is 20.8 Å². The summed E-state index contributed by atoms with van der Waals surface area (Å²) in [5.41, 5.74) is 1.67. The lowest BCUT2D eigenvalue weighted by Gasteiger charge is -1.94. The first-order valence-corrected chi connectivity index (χ1v) is 3.31. The van der Waals surface area contributed by atoms with Crippen LogP contribution in [-0.4, -0.2) is 11.1 Å². The Balaban J connectivity index is 2.87. The molecule has 0 fully saturated rings. The summed E-state index contributed by atoms with van der Waals surface area (Å²) in [6.07, 6.45) is 0. The third-order valence-corrected chi connectivity index (χ3v) is 1.45. The van der Waals surface area contributed by atoms with Crippen molar-refractivity contribution in [2.75, 3.05) is 5.32 Å². The molecule has 11 heavy (non-hydrogen) atoms. The van der Waals surface area contributed by atoms with E-state index in [-0.39, 0.29) is 5.91 Å². The Labute approximate surface area is 64.6 Å². The van der Waals surface area contributed by atoms with Gasteiger partial charge in [-0.15, -0.1) is 0 Å². The molecule has 4 nitrogen and oxygen atoms in total. The molecule has 1 N–H and O–H groups in total. The fourth-order valence-electron chi connectivity index (χ4n) is 0.692. The molecular formula is C7H10N2O2. The standard InChI is InChI=1S/C7H10N2O2/c1-4-5(2)9-11-7(4)8-6(3)10/h1-3H3,(H,8,10). The Morgan fingerprint density at radius 2 is 2.18 bits per heavy atom. The molecule has 0 saturated carbocycles. The number of aromatic nitrogens is 1. The fourth-order valence-corrected chi connectivity index (χ4v) is 0.692. The average Bonchev–Trinajstić information content (AvgIpc) is 2.18. The SMILES string of the molecule is CC(=O)Nc1onc(C)c1C. The van der Waals surface area contributed by atoms with E-state index in [1.807, 2.05) is 13.8 Å². The van der Waals surface area contributed by atoms with Crippen LogP contribution >= 0.6 is 0 Å². The van der Waals surface area contributed by atoms with Crippen molar-refractivity contribution >= 4 is 11.8 Å². The zero-order valence-electron chi connectivity index (χ0n) is 6.76. The zero-order valence-corrected chi connectivity index (χ0v) is 6.76. The van der Waals surface area contributed by atoms with Crippen LogP contribution in [-0.2, 0) is 4.79 Å². The summed E-state index contributed by atoms with van der Waals surface area (Å²) >= 11 is 0. The molecule has 1 rings (SSSR count). The monoisotopic (exact) mass is 154 g/mol. The molecule has 0 spiro atoms. The maximum Gasteiger partial charge on any atom is 0.234 e. The van der Waals surface area contributed by atoms with Crippen LogP contribution in [0.3, 0.4) is 0 Å². The van der Waals surface area contributed by atoms with Gasteiger partial charge in [0.1, 0.15) is 0 Å². The number of amides is 1. The molecule has 4 heteroatoms. The Morgan fingerprint density at radius 3 is 2.55 bits per heavy atom. The Hall–Kier alpha value is -1.32. The molecule has 0 aromatic carbocycles. The summed E-state index contributed by atoms with van der Waals surface area (Å²) < 4.78 is 4.82. The van der Waals surface area contributed by atoms with Crippen LogP contribution in [0.25, 0.3) is 0 Å². The largest absolute Gasteiger partial charge is 0.338 e. The van der Waals surface area contributed by atoms with Gasteiger partial charge in [-0.3, -0.25) is 10.1 Å². The number of anilines is 1. The first-order valence-electron chi connectivity index (χ1n) is 3.31. The van der Waals surface area contributed by atoms with E-state index in [4.69, 9.17) is 4.52 Å². The molecule has 60 valence electrons. The van der Waals surface area contributed by atoms with E-state index in [1.54, 1.807) is 0 Å². The van der Waals surface area contributed by atoms with Crippen LogP contribution in [0.5, 0.6) is 0 Å². The molecule has 0 saturated heterocycles. The quantitative estimate of drug-likeness (QED) is 0.662. The minimum absolute atomic E-state index is 0.149. The molecule has 0 aliphatic heterocycles. The minimum Gasteiger partial charge on any atom is -0.338 e. The van der Waals surface area contributed by atoms with Gasteiger partial charge in [-0.05, 0) is 13.8 Å². The van der Waals surface area contributed by atoms with Crippen LogP contribution in [0.4, 0.5) is 5.88 Å². The van der Waals surface area contributed by atoms with Gasteiger partial charge in [-0.25, -0.2) is 0 Å². The third kappa shape index (κ3) is 1.58. The van der Waals surface area contributed by atoms with Crippen LogP contribution in [0.1, 0.15) is 18.2 Å². The van der Waals surface area contributed by atoms with E-state index in [1.165, 1.54) is 6.92 Å². The highest BCUT2D eigenvalue weighted by Crippen LogP contribution is 2.16. The van der Waals surface area contributed by atoms with Gasteiger partial charge < -0.3 is 4.52 Å². The number of carbonyl (C=O) groups is 1. The van der Waals surface area contributed by atoms with Gasteiger partial charge in [0, 0.05) is 12.5 Å². The highest BCUT2D eigenvalue weighted by molar-refractivity contribution is 5.87. The molecule has 1 aromatic heterocycles. The van der Waals surface area contributed by atoms with Crippen molar-refractivity contribution in [1.29, 1.82) is 0 Å². The van der Waals surface area contributed by atoms with Crippen LogP contribution in [0.15, 0.2) is 4.52 Å². The summed E-state index contributed by atoms with van der Waals surface area (Å²) in [5.74, 6) is 0.291. The Kier molecular flexibility index (Phi) is 1.94. The molecular weight excluding hydrogens is 144 g/mol. The molecule has 1 amide bonds. The highest BCUT2D eigenvalue weighted by atomic mass is 16.5. The second-order valence-corrected chi connectivity index (χ2v) is 2.40. The number of aryl methyl sites for hydroxylation is 1. The summed E-state index contributed by atoms with van der Waals surface area (Å²) in [6, 6.07) is 0. The van der Waals surface area contributed by atoms with Crippen molar-refractivity contribution in [3.8, 4) is 0 Å². The molecule has 1 heterocycles. The second kappa shape index (κ2) is 2.74. The summed E-state index contributed by atoms with van der Waals surface area (Å²) in [5, 5.41) is 6.21. The van der Waals surface area contributed by atoms with E-state index >= 15 is 0 Å². The summed E-state index contributed by atoms with van der Waals surface area (Å²) in [4.78, 5) is 10.6. The van der Waals surface area contributed by atoms with Gasteiger partial charge in [0.05, 0.1) is 5.69 Å². The molecule has 1 aromatic rings. The van der Waals surface area contributed by atoms with E-state index in [9.17, 15) is 4.79 Å². The van der Waals surface area contributed by atoms with Gasteiger partial charge in [-0.2, -0.15) is 0 Å². The lowest BCUT2D eigenvalue weighted by molar-refractivity contribution is -0.114. The molecule has 0 aliphatic rings. The van der Waals surface area contributed by atoms with Crippen molar-refractivity contribution in [3.63, 3.8) is 0 Å². The van der Waals surface area contributed by atoms with E-state index in [0.29, 0.717) is 5.88 Å². The van der Waals surface area contributed by atoms with Crippen molar-refractivity contribution in [3.05, 3.63) is 11.3 Å². The number of hydrogen-bond donors (Lipinski definition) is 1. The zero-order chi connectivity index (χ0) is 8.43. The summed E-state index contributed by atoms with van der Waals surface area (Å²) in [7, 11) is 0. The lowest BCUT2D eigenvalue weighted by atomic mass is 10.3. The Bertz CT molecular complexity index is 278. The molecule has 0 atom stereocenters. The molecule has 0 radical (unpaired) electrons. The van der Waals surface area contributed by atoms with Crippen LogP contribution in [0.2, 0.25) is 0 Å². The first kappa shape index (κ1) is 7.78. The van der Waals surface area contributed by atoms with Crippen molar-refractivity contribution in [2.24, 2.45) is 0 Å². The normalized spacial score (nSPS) is 9.73. The van der Waals surface area contributed by atoms with Gasteiger partial charge in [0.2, 0.25) is 11.8 Å². The Morgan fingerprint density at radius 1 is 1.55 bits per heavy atom. The van der Waals surface area contributed by atoms with Gasteiger partial charge in [0.15, 0.2) is 0 Å². The van der Waals surface area contributed by atoms with Gasteiger partial charge in [-0.1, -0.05) is 5.16 Å². The third-order valence-electron chi connectivity index (χ3n) is 1.45. The van der Waals surface area contributed by atoms with Crippen molar-refractivity contribution < 1.29 is 9.32 Å². The lowest BCUT2D eigenvalue weighted by Crippen LogP contribution is -2.05. The average molecular weight is 154 g/mol. The summed E-state index contributed by atoms with van der Waals surface area (Å²) in [6.45, 7) is 5.10. The van der Waals surface area contributed by atoms with E-state index < -0.39 is 0 Å². The minimum atomic E-state index is -0.149. The first-order chi connectivity index (χ1) is 5.11. The maximum absolute atomic E-state index is 10.6. The maximum atomic E-state index is 10.6. The number of carbonyl (C=O) groups excluding carboxylic acids is 1. The number of nitrogens with zero attached hydrogens (tertiary/aromatic N) is 1. The number of hydrogen-bond acceptors (Lipinski definition) is 3. The second-order valence-electron chi connectivity index (χ2n) is 2.40. The van der Waals surface area contributed by atoms with Crippen LogP contribution < -0.4 is 5.32 Å². The number of nitrogens with one attached hydrogen (secondary N) is 1. The van der Waals surface area contributed by atoms with E-state index in [2.05, 4.69) is 10.5 Å². The topological polar surface area (TPSA) is 55.1 Å². The molecule has 0 unspecified atom stereocenters. The van der Waals surface area contributed by atoms with Gasteiger partial charge >= 0.3 is 0 Å². The smallest absolute Gasteiger partial charge is 0.234 e. The van der Waals surface area contributed by atoms with Crippen molar-refractivity contribution in [1.82, 2.24) is 5.16 Å². The predicted molar refractivity (Wildman–Crippen MR) is 40.3 cm³/mol. The molecule has 0 aliphatic carbocycles. The number of rotatable bonds is 1. The highest BCUT2D eigenvalue weighted by Gasteiger charge is 2.08. The van der Waals surface area contributed by atoms with Gasteiger partial charge in [0.25, 0.3) is 0 Å². The molecule has 0 bridgehead atoms. The van der Waals surface area contributed by atoms with Crippen LogP contribution in [0, 0.1) is 13.8 Å². The fraction of sp³-hybridized carbons (Fsp3) is 0.429. The predicted octanol–water partition coefficient (Wildman–Crippen LogP) is 1.25. The van der Waals surface area contributed by atoms with E-state index in [0.717, 1.165) is 11.3 Å².